The second kappa shape index (κ2) is 12.8. The summed E-state index contributed by atoms with van der Waals surface area (Å²) in [6.07, 6.45) is 6.66. The molecule has 0 aromatic rings. The molecule has 1 saturated carbocycles. The summed E-state index contributed by atoms with van der Waals surface area (Å²) in [5.74, 6) is 2.12. The number of nitrogens with one attached hydrogen (secondary N) is 2. The molecule has 0 radical (unpaired) electrons. The highest BCUT2D eigenvalue weighted by Gasteiger charge is 2.32. The lowest BCUT2D eigenvalue weighted by atomic mass is 10.1. The van der Waals surface area contributed by atoms with Gasteiger partial charge in [-0.3, -0.25) is 9.79 Å². The fourth-order valence-electron chi connectivity index (χ4n) is 3.56. The van der Waals surface area contributed by atoms with Crippen LogP contribution in [0.2, 0.25) is 0 Å². The number of carbonyl (C=O) groups excluding carboxylic acids is 1. The third kappa shape index (κ3) is 7.98. The van der Waals surface area contributed by atoms with E-state index in [9.17, 15) is 4.79 Å². The van der Waals surface area contributed by atoms with Gasteiger partial charge in [0.2, 0.25) is 5.91 Å². The van der Waals surface area contributed by atoms with Gasteiger partial charge in [0.05, 0.1) is 6.61 Å². The zero-order valence-corrected chi connectivity index (χ0v) is 19.0. The number of hydrogen-bond donors (Lipinski definition) is 2. The van der Waals surface area contributed by atoms with Gasteiger partial charge in [-0.15, -0.1) is 24.0 Å². The molecule has 2 N–H and O–H groups in total. The molecule has 6 nitrogen and oxygen atoms in total. The lowest BCUT2D eigenvalue weighted by Crippen LogP contribution is -2.46. The number of rotatable bonds is 8. The highest BCUT2D eigenvalue weighted by atomic mass is 127. The normalized spacial score (nSPS) is 21.2. The fourth-order valence-corrected chi connectivity index (χ4v) is 3.56. The molecular weight excluding hydrogens is 443 g/mol. The van der Waals surface area contributed by atoms with Gasteiger partial charge in [0.15, 0.2) is 5.96 Å². The summed E-state index contributed by atoms with van der Waals surface area (Å²) >= 11 is 0. The first-order chi connectivity index (χ1) is 12.1. The van der Waals surface area contributed by atoms with Gasteiger partial charge >= 0.3 is 0 Å². The van der Waals surface area contributed by atoms with Gasteiger partial charge in [0, 0.05) is 45.2 Å². The number of amides is 1. The van der Waals surface area contributed by atoms with Crippen LogP contribution in [0.4, 0.5) is 0 Å². The van der Waals surface area contributed by atoms with Crippen molar-refractivity contribution in [3.8, 4) is 0 Å². The molecule has 0 aromatic heterocycles. The Bertz CT molecular complexity index is 439. The molecule has 1 unspecified atom stereocenters. The predicted molar refractivity (Wildman–Crippen MR) is 117 cm³/mol. The molecule has 1 heterocycles. The Morgan fingerprint density at radius 3 is 2.62 bits per heavy atom. The van der Waals surface area contributed by atoms with Crippen LogP contribution < -0.4 is 10.6 Å². The molecule has 1 saturated heterocycles. The van der Waals surface area contributed by atoms with Crippen LogP contribution in [-0.2, 0) is 9.53 Å². The average Bonchev–Trinajstić information content (AvgIpc) is 3.27. The molecule has 1 atom stereocenters. The Kier molecular flexibility index (Phi) is 11.5. The molecule has 0 spiro atoms. The van der Waals surface area contributed by atoms with E-state index in [0.29, 0.717) is 24.5 Å². The lowest BCUT2D eigenvalue weighted by Gasteiger charge is -2.21. The van der Waals surface area contributed by atoms with E-state index in [1.165, 1.54) is 12.8 Å². The van der Waals surface area contributed by atoms with Gasteiger partial charge < -0.3 is 20.3 Å². The van der Waals surface area contributed by atoms with Crippen LogP contribution in [-0.4, -0.2) is 62.7 Å². The number of ether oxygens (including phenoxy) is 1. The van der Waals surface area contributed by atoms with E-state index in [4.69, 9.17) is 4.74 Å². The number of guanidine groups is 1. The van der Waals surface area contributed by atoms with Crippen molar-refractivity contribution in [3.05, 3.63) is 0 Å². The fraction of sp³-hybridized carbons (Fsp3) is 0.895. The average molecular weight is 480 g/mol. The zero-order valence-electron chi connectivity index (χ0n) is 16.6. The second-order valence-corrected chi connectivity index (χ2v) is 7.69. The molecule has 26 heavy (non-hydrogen) atoms. The van der Waals surface area contributed by atoms with Crippen LogP contribution in [0.1, 0.15) is 52.4 Å². The molecule has 1 aliphatic heterocycles. The second-order valence-electron chi connectivity index (χ2n) is 7.69. The molecule has 2 aliphatic rings. The van der Waals surface area contributed by atoms with Crippen LogP contribution in [0, 0.1) is 11.8 Å². The summed E-state index contributed by atoms with van der Waals surface area (Å²) in [5.41, 5.74) is 0. The van der Waals surface area contributed by atoms with Crippen molar-refractivity contribution in [2.24, 2.45) is 16.8 Å². The largest absolute Gasteiger partial charge is 0.380 e. The van der Waals surface area contributed by atoms with E-state index < -0.39 is 0 Å². The molecule has 2 rings (SSSR count). The van der Waals surface area contributed by atoms with Crippen LogP contribution in [0.5, 0.6) is 0 Å². The van der Waals surface area contributed by atoms with Crippen LogP contribution in [0.15, 0.2) is 4.99 Å². The van der Waals surface area contributed by atoms with E-state index >= 15 is 0 Å². The van der Waals surface area contributed by atoms with Gasteiger partial charge in [-0.2, -0.15) is 0 Å². The molecule has 7 heteroatoms. The Morgan fingerprint density at radius 1 is 1.23 bits per heavy atom. The summed E-state index contributed by atoms with van der Waals surface area (Å²) in [6.45, 7) is 8.31. The maximum Gasteiger partial charge on any atom is 0.225 e. The topological polar surface area (TPSA) is 66.0 Å². The van der Waals surface area contributed by atoms with Gasteiger partial charge in [-0.1, -0.05) is 26.7 Å². The number of carbonyl (C=O) groups is 1. The van der Waals surface area contributed by atoms with E-state index in [-0.39, 0.29) is 29.9 Å². The van der Waals surface area contributed by atoms with Crippen molar-refractivity contribution in [2.45, 2.75) is 58.4 Å². The van der Waals surface area contributed by atoms with Crippen molar-refractivity contribution < 1.29 is 9.53 Å². The third-order valence-electron chi connectivity index (χ3n) is 5.15. The first kappa shape index (κ1) is 23.5. The molecule has 0 aromatic carbocycles. The number of aliphatic imine (C=N–C) groups is 1. The summed E-state index contributed by atoms with van der Waals surface area (Å²) in [5, 5.41) is 6.73. The van der Waals surface area contributed by atoms with E-state index in [1.54, 1.807) is 7.05 Å². The van der Waals surface area contributed by atoms with Gasteiger partial charge in [0.1, 0.15) is 0 Å². The quantitative estimate of drug-likeness (QED) is 0.243. The van der Waals surface area contributed by atoms with Crippen molar-refractivity contribution in [1.82, 2.24) is 15.5 Å². The maximum absolute atomic E-state index is 12.5. The van der Waals surface area contributed by atoms with Crippen molar-refractivity contribution in [3.63, 3.8) is 0 Å². The van der Waals surface area contributed by atoms with E-state index in [1.807, 2.05) is 4.90 Å². The summed E-state index contributed by atoms with van der Waals surface area (Å²) in [6, 6.07) is 0.290. The minimum atomic E-state index is 0. The molecule has 152 valence electrons. The first-order valence-corrected chi connectivity index (χ1v) is 9.94. The highest BCUT2D eigenvalue weighted by Crippen LogP contribution is 2.27. The molecule has 1 amide bonds. The maximum atomic E-state index is 12.5. The smallest absolute Gasteiger partial charge is 0.225 e. The Morgan fingerprint density at radius 2 is 1.96 bits per heavy atom. The van der Waals surface area contributed by atoms with Crippen molar-refractivity contribution >= 4 is 35.8 Å². The molecular formula is C19H37IN4O2. The van der Waals surface area contributed by atoms with Crippen LogP contribution in [0.3, 0.4) is 0 Å². The molecule has 2 fully saturated rings. The van der Waals surface area contributed by atoms with Crippen LogP contribution in [0.25, 0.3) is 0 Å². The Balaban J connectivity index is 0.00000338. The minimum Gasteiger partial charge on any atom is -0.380 e. The Hall–Kier alpha value is -0.570. The number of hydrogen-bond acceptors (Lipinski definition) is 3. The van der Waals surface area contributed by atoms with Crippen molar-refractivity contribution in [1.29, 1.82) is 0 Å². The van der Waals surface area contributed by atoms with Gasteiger partial charge in [0.25, 0.3) is 0 Å². The standard InChI is InChI=1S/C19H36N4O2.HI/c1-15(2)9-12-25-13-10-21-19(20-3)22-17-8-11-23(14-17)18(24)16-6-4-5-7-16;/h15-17H,4-14H2,1-3H3,(H2,20,21,22);1H. The number of likely N-dealkylation sites (tertiary alicyclic amines) is 1. The van der Waals surface area contributed by atoms with Crippen molar-refractivity contribution in [2.75, 3.05) is 39.9 Å². The van der Waals surface area contributed by atoms with E-state index in [0.717, 1.165) is 57.9 Å². The zero-order chi connectivity index (χ0) is 18.1. The third-order valence-corrected chi connectivity index (χ3v) is 5.15. The van der Waals surface area contributed by atoms with Crippen LogP contribution >= 0.6 is 24.0 Å². The summed E-state index contributed by atoms with van der Waals surface area (Å²) in [7, 11) is 1.78. The lowest BCUT2D eigenvalue weighted by molar-refractivity contribution is -0.134. The summed E-state index contributed by atoms with van der Waals surface area (Å²) < 4.78 is 5.62. The minimum absolute atomic E-state index is 0. The first-order valence-electron chi connectivity index (χ1n) is 9.94. The van der Waals surface area contributed by atoms with Gasteiger partial charge in [-0.25, -0.2) is 0 Å². The number of nitrogens with zero attached hydrogens (tertiary/aromatic N) is 2. The number of halogens is 1. The predicted octanol–water partition coefficient (Wildman–Crippen LogP) is 2.62. The molecule has 0 bridgehead atoms. The monoisotopic (exact) mass is 480 g/mol. The summed E-state index contributed by atoms with van der Waals surface area (Å²) in [4.78, 5) is 18.8. The van der Waals surface area contributed by atoms with Gasteiger partial charge in [-0.05, 0) is 31.6 Å². The SMILES string of the molecule is CN=C(NCCOCCC(C)C)NC1CCN(C(=O)C2CCCC2)C1.I. The highest BCUT2D eigenvalue weighted by molar-refractivity contribution is 14.0. The van der Waals surface area contributed by atoms with E-state index in [2.05, 4.69) is 29.5 Å². The molecule has 1 aliphatic carbocycles. The Labute approximate surface area is 175 Å².